The van der Waals surface area contributed by atoms with Crippen LogP contribution in [0.25, 0.3) is 16.7 Å². The number of hydrogen-bond acceptors (Lipinski definition) is 5. The van der Waals surface area contributed by atoms with E-state index < -0.39 is 0 Å². The summed E-state index contributed by atoms with van der Waals surface area (Å²) >= 11 is 7.22. The van der Waals surface area contributed by atoms with Gasteiger partial charge in [-0.05, 0) is 90.3 Å². The lowest BCUT2D eigenvalue weighted by Gasteiger charge is -2.26. The Balaban J connectivity index is 1.70. The Labute approximate surface area is 222 Å². The second-order valence-corrected chi connectivity index (χ2v) is 10.8. The molecule has 0 bridgehead atoms. The first-order chi connectivity index (χ1) is 17.9. The fourth-order valence-electron chi connectivity index (χ4n) is 5.81. The Morgan fingerprint density at radius 2 is 1.73 bits per heavy atom. The molecule has 4 aliphatic rings. The second kappa shape index (κ2) is 9.29. The van der Waals surface area contributed by atoms with E-state index in [0.29, 0.717) is 17.1 Å². The minimum absolute atomic E-state index is 0.0496. The van der Waals surface area contributed by atoms with Crippen LogP contribution in [0.5, 0.6) is 23.0 Å². The molecule has 2 aromatic rings. The molecule has 2 aliphatic heterocycles. The molecule has 5 nitrogen and oxygen atoms in total. The normalized spacial score (nSPS) is 22.3. The molecule has 2 aromatic carbocycles. The summed E-state index contributed by atoms with van der Waals surface area (Å²) in [6.45, 7) is 13.4. The molecule has 1 saturated carbocycles. The molecular weight excluding hydrogens is 488 g/mol. The zero-order valence-electron chi connectivity index (χ0n) is 21.3. The number of aryl methyl sites for hydroxylation is 1. The van der Waals surface area contributed by atoms with Crippen LogP contribution < -0.4 is 29.4 Å². The molecule has 0 spiro atoms. The van der Waals surface area contributed by atoms with E-state index in [1.165, 1.54) is 0 Å². The Kier molecular flexibility index (Phi) is 6.07. The number of allylic oxidation sites excluding steroid dienone is 2. The predicted octanol–water partition coefficient (Wildman–Crippen LogP) is 5.29. The van der Waals surface area contributed by atoms with E-state index in [1.807, 2.05) is 18.2 Å². The number of alkyl halides is 1. The monoisotopic (exact) mass is 518 g/mol. The number of rotatable bonds is 4. The SMILES string of the molecule is C=C(C(=O)C1CC1)C1=c2c3c(ccc2=C(C)C(=C)c2cc4c(cc2CCC(Cl)C1CC)OCO4)OCO3. The standard InChI is InChI=1S/C31H31ClO5/c1-5-21-24(32)10-8-20-12-26-27(36-14-35-26)13-23(20)17(3)16(2)22-9-11-25-31(37-15-34-25)29(22)28(21)18(4)30(33)19-6-7-19/h9,11-13,19,21,24H,3-8,10,14-15H2,1-2H3. The number of ether oxygens (including phenoxy) is 4. The third-order valence-corrected chi connectivity index (χ3v) is 8.62. The van der Waals surface area contributed by atoms with E-state index in [1.54, 1.807) is 0 Å². The molecule has 2 unspecified atom stereocenters. The number of benzene rings is 2. The van der Waals surface area contributed by atoms with Crippen molar-refractivity contribution in [1.82, 2.24) is 0 Å². The maximum Gasteiger partial charge on any atom is 0.231 e. The van der Waals surface area contributed by atoms with Crippen molar-refractivity contribution in [2.24, 2.45) is 11.8 Å². The highest BCUT2D eigenvalue weighted by atomic mass is 35.5. The van der Waals surface area contributed by atoms with Crippen molar-refractivity contribution in [2.75, 3.05) is 13.6 Å². The van der Waals surface area contributed by atoms with E-state index in [2.05, 4.69) is 33.1 Å². The van der Waals surface area contributed by atoms with Gasteiger partial charge in [-0.1, -0.05) is 26.1 Å². The van der Waals surface area contributed by atoms with Gasteiger partial charge in [-0.2, -0.15) is 0 Å². The summed E-state index contributed by atoms with van der Waals surface area (Å²) in [5.74, 6) is 2.85. The molecule has 6 heteroatoms. The largest absolute Gasteiger partial charge is 0.454 e. The van der Waals surface area contributed by atoms with Gasteiger partial charge in [-0.25, -0.2) is 0 Å². The maximum atomic E-state index is 13.5. The number of hydrogen-bond donors (Lipinski definition) is 0. The molecule has 0 radical (unpaired) electrons. The smallest absolute Gasteiger partial charge is 0.231 e. The zero-order valence-corrected chi connectivity index (χ0v) is 22.1. The molecular formula is C31H31ClO5. The highest BCUT2D eigenvalue weighted by molar-refractivity contribution is 6.22. The van der Waals surface area contributed by atoms with Crippen LogP contribution in [0.4, 0.5) is 0 Å². The number of Topliss-reactive ketones (excluding diaryl/α,β-unsaturated/α-hetero) is 1. The number of carbonyl (C=O) groups excluding carboxylic acids is 1. The highest BCUT2D eigenvalue weighted by Crippen LogP contribution is 2.42. The van der Waals surface area contributed by atoms with Crippen molar-refractivity contribution in [2.45, 2.75) is 51.3 Å². The van der Waals surface area contributed by atoms with Gasteiger partial charge in [-0.3, -0.25) is 4.79 Å². The van der Waals surface area contributed by atoms with Crippen LogP contribution >= 0.6 is 11.6 Å². The Morgan fingerprint density at radius 3 is 2.46 bits per heavy atom. The molecule has 0 saturated heterocycles. The van der Waals surface area contributed by atoms with Crippen molar-refractivity contribution in [3.8, 4) is 23.0 Å². The first-order valence-corrected chi connectivity index (χ1v) is 13.5. The minimum Gasteiger partial charge on any atom is -0.454 e. The molecule has 0 N–H and O–H groups in total. The van der Waals surface area contributed by atoms with Crippen molar-refractivity contribution in [1.29, 1.82) is 0 Å². The fraction of sp³-hybridized carbons (Fsp3) is 0.387. The van der Waals surface area contributed by atoms with Gasteiger partial charge in [0.1, 0.15) is 0 Å². The van der Waals surface area contributed by atoms with Crippen molar-refractivity contribution < 1.29 is 23.7 Å². The quantitative estimate of drug-likeness (QED) is 0.406. The molecule has 2 heterocycles. The fourth-order valence-corrected chi connectivity index (χ4v) is 6.22. The molecule has 6 rings (SSSR count). The van der Waals surface area contributed by atoms with Crippen LogP contribution in [0.3, 0.4) is 0 Å². The second-order valence-electron chi connectivity index (χ2n) is 10.3. The predicted molar refractivity (Wildman–Crippen MR) is 145 cm³/mol. The molecule has 0 amide bonds. The number of carbonyl (C=O) groups is 1. The zero-order chi connectivity index (χ0) is 25.8. The van der Waals surface area contributed by atoms with Gasteiger partial charge in [0.05, 0.1) is 0 Å². The number of fused-ring (bicyclic) bond motifs is 5. The molecule has 1 fully saturated rings. The lowest BCUT2D eigenvalue weighted by molar-refractivity contribution is -0.116. The lowest BCUT2D eigenvalue weighted by atomic mass is 9.82. The summed E-state index contributed by atoms with van der Waals surface area (Å²) in [4.78, 5) is 13.5. The maximum absolute atomic E-state index is 13.5. The third kappa shape index (κ3) is 4.04. The molecule has 2 aliphatic carbocycles. The average Bonchev–Trinajstić information content (AvgIpc) is 3.46. The van der Waals surface area contributed by atoms with Crippen LogP contribution in [-0.2, 0) is 11.2 Å². The summed E-state index contributed by atoms with van der Waals surface area (Å²) in [6, 6.07) is 8.05. The summed E-state index contributed by atoms with van der Waals surface area (Å²) < 4.78 is 23.2. The number of halogens is 1. The van der Waals surface area contributed by atoms with Crippen molar-refractivity contribution >= 4 is 34.1 Å². The van der Waals surface area contributed by atoms with Gasteiger partial charge >= 0.3 is 0 Å². The van der Waals surface area contributed by atoms with Crippen LogP contribution in [0.15, 0.2) is 43.0 Å². The average molecular weight is 519 g/mol. The summed E-state index contributed by atoms with van der Waals surface area (Å²) in [6.07, 6.45) is 4.05. The van der Waals surface area contributed by atoms with Gasteiger partial charge in [0.2, 0.25) is 13.6 Å². The molecule has 192 valence electrons. The van der Waals surface area contributed by atoms with Crippen LogP contribution in [-0.4, -0.2) is 24.7 Å². The van der Waals surface area contributed by atoms with Gasteiger partial charge < -0.3 is 18.9 Å². The molecule has 0 aromatic heterocycles. The van der Waals surface area contributed by atoms with Crippen LogP contribution in [0.2, 0.25) is 0 Å². The van der Waals surface area contributed by atoms with Crippen molar-refractivity contribution in [3.63, 3.8) is 0 Å². The van der Waals surface area contributed by atoms with E-state index in [9.17, 15) is 4.79 Å². The highest BCUT2D eigenvalue weighted by Gasteiger charge is 2.36. The van der Waals surface area contributed by atoms with Gasteiger partial charge in [0, 0.05) is 28.0 Å². The van der Waals surface area contributed by atoms with Gasteiger partial charge in [-0.15, -0.1) is 11.6 Å². The lowest BCUT2D eigenvalue weighted by Crippen LogP contribution is -2.35. The topological polar surface area (TPSA) is 54.0 Å². The molecule has 37 heavy (non-hydrogen) atoms. The Bertz CT molecular complexity index is 1470. The number of ketones is 1. The van der Waals surface area contributed by atoms with Crippen LogP contribution in [0, 0.1) is 11.8 Å². The van der Waals surface area contributed by atoms with E-state index in [0.717, 1.165) is 81.9 Å². The van der Waals surface area contributed by atoms with Crippen LogP contribution in [0.1, 0.15) is 50.7 Å². The van der Waals surface area contributed by atoms with E-state index in [-0.39, 0.29) is 36.6 Å². The van der Waals surface area contributed by atoms with Gasteiger partial charge in [0.15, 0.2) is 28.8 Å². The molecule has 2 atom stereocenters. The minimum atomic E-state index is -0.222. The first-order valence-electron chi connectivity index (χ1n) is 13.0. The van der Waals surface area contributed by atoms with E-state index >= 15 is 0 Å². The summed E-state index contributed by atoms with van der Waals surface area (Å²) in [5, 5.41) is 1.58. The summed E-state index contributed by atoms with van der Waals surface area (Å²) in [7, 11) is 0. The van der Waals surface area contributed by atoms with Gasteiger partial charge in [0.25, 0.3) is 0 Å². The third-order valence-electron chi connectivity index (χ3n) is 8.10. The van der Waals surface area contributed by atoms with E-state index in [4.69, 9.17) is 30.5 Å². The van der Waals surface area contributed by atoms with Crippen molar-refractivity contribution in [3.05, 3.63) is 64.6 Å². The Morgan fingerprint density at radius 1 is 1.03 bits per heavy atom. The summed E-state index contributed by atoms with van der Waals surface area (Å²) in [5.41, 5.74) is 5.42. The Hall–Kier alpha value is -3.18. The first kappa shape index (κ1) is 24.2.